The molecule has 0 bridgehead atoms. The van der Waals surface area contributed by atoms with E-state index >= 15 is 0 Å². The zero-order valence-electron chi connectivity index (χ0n) is 9.03. The maximum atomic E-state index is 11.0. The van der Waals surface area contributed by atoms with Crippen LogP contribution in [0.5, 0.6) is 0 Å². The van der Waals surface area contributed by atoms with Gasteiger partial charge in [0.15, 0.2) is 0 Å². The highest BCUT2D eigenvalue weighted by Crippen LogP contribution is 2.30. The summed E-state index contributed by atoms with van der Waals surface area (Å²) >= 11 is 0. The van der Waals surface area contributed by atoms with E-state index in [4.69, 9.17) is 9.84 Å². The van der Waals surface area contributed by atoms with Crippen molar-refractivity contribution >= 4 is 11.9 Å². The van der Waals surface area contributed by atoms with Gasteiger partial charge in [-0.15, -0.1) is 0 Å². The average Bonchev–Trinajstić information content (AvgIpc) is 2.15. The van der Waals surface area contributed by atoms with Crippen molar-refractivity contribution in [3.8, 4) is 0 Å². The summed E-state index contributed by atoms with van der Waals surface area (Å²) in [5, 5.41) is 9.02. The smallest absolute Gasteiger partial charge is 0.307 e. The minimum absolute atomic E-state index is 0.0879. The predicted octanol–water partition coefficient (Wildman–Crippen LogP) is 1.61. The van der Waals surface area contributed by atoms with Crippen molar-refractivity contribution in [2.75, 3.05) is 6.61 Å². The highest BCUT2D eigenvalue weighted by Gasteiger charge is 2.31. The number of allylic oxidation sites excluding steroid dienone is 2. The SMILES string of the molecule is CC(=O)OC[C@@H]1CC=C(C)C[C@H]1C(=O)O. The molecule has 0 spiro atoms. The largest absolute Gasteiger partial charge is 0.481 e. The Morgan fingerprint density at radius 2 is 2.27 bits per heavy atom. The monoisotopic (exact) mass is 212 g/mol. The second-order valence-electron chi connectivity index (χ2n) is 4.00. The first-order valence-corrected chi connectivity index (χ1v) is 5.02. The molecule has 4 heteroatoms. The molecule has 0 unspecified atom stereocenters. The molecule has 0 aromatic rings. The van der Waals surface area contributed by atoms with Gasteiger partial charge in [-0.25, -0.2) is 0 Å². The number of hydrogen-bond acceptors (Lipinski definition) is 3. The Bertz CT molecular complexity index is 293. The van der Waals surface area contributed by atoms with Crippen molar-refractivity contribution in [2.45, 2.75) is 26.7 Å². The second kappa shape index (κ2) is 4.96. The highest BCUT2D eigenvalue weighted by molar-refractivity contribution is 5.71. The Morgan fingerprint density at radius 3 is 2.80 bits per heavy atom. The fourth-order valence-corrected chi connectivity index (χ4v) is 1.81. The van der Waals surface area contributed by atoms with Gasteiger partial charge in [0.25, 0.3) is 0 Å². The van der Waals surface area contributed by atoms with Gasteiger partial charge in [-0.1, -0.05) is 11.6 Å². The van der Waals surface area contributed by atoms with Gasteiger partial charge in [-0.2, -0.15) is 0 Å². The van der Waals surface area contributed by atoms with E-state index in [0.717, 1.165) is 5.57 Å². The van der Waals surface area contributed by atoms with Crippen LogP contribution < -0.4 is 0 Å². The highest BCUT2D eigenvalue weighted by atomic mass is 16.5. The van der Waals surface area contributed by atoms with E-state index in [2.05, 4.69) is 0 Å². The quantitative estimate of drug-likeness (QED) is 0.570. The molecule has 0 saturated carbocycles. The molecular formula is C11H16O4. The molecule has 0 fully saturated rings. The summed E-state index contributed by atoms with van der Waals surface area (Å²) in [6, 6.07) is 0. The molecule has 0 aromatic carbocycles. The molecule has 4 nitrogen and oxygen atoms in total. The van der Waals surface area contributed by atoms with Gasteiger partial charge in [-0.3, -0.25) is 9.59 Å². The average molecular weight is 212 g/mol. The lowest BCUT2D eigenvalue weighted by Gasteiger charge is -2.26. The molecular weight excluding hydrogens is 196 g/mol. The number of ether oxygens (including phenoxy) is 1. The first kappa shape index (κ1) is 11.8. The van der Waals surface area contributed by atoms with Crippen LogP contribution >= 0.6 is 0 Å². The summed E-state index contributed by atoms with van der Waals surface area (Å²) in [6.45, 7) is 3.47. The molecule has 1 aliphatic carbocycles. The molecule has 84 valence electrons. The molecule has 0 aliphatic heterocycles. The minimum Gasteiger partial charge on any atom is -0.481 e. The van der Waals surface area contributed by atoms with Crippen LogP contribution in [0.2, 0.25) is 0 Å². The number of esters is 1. The number of hydrogen-bond donors (Lipinski definition) is 1. The van der Waals surface area contributed by atoms with Gasteiger partial charge in [-0.05, 0) is 19.8 Å². The standard InChI is InChI=1S/C11H16O4/c1-7-3-4-9(6-15-8(2)12)10(5-7)11(13)14/h3,9-10H,4-6H2,1-2H3,(H,13,14)/t9-,10+/m0/s1. The van der Waals surface area contributed by atoms with Crippen LogP contribution in [0.15, 0.2) is 11.6 Å². The minimum atomic E-state index is -0.806. The summed E-state index contributed by atoms with van der Waals surface area (Å²) in [5.74, 6) is -1.67. The zero-order chi connectivity index (χ0) is 11.4. The van der Waals surface area contributed by atoms with E-state index in [0.29, 0.717) is 12.8 Å². The van der Waals surface area contributed by atoms with Crippen molar-refractivity contribution in [3.05, 3.63) is 11.6 Å². The van der Waals surface area contributed by atoms with Crippen LogP contribution in [0.25, 0.3) is 0 Å². The Labute approximate surface area is 88.9 Å². The normalized spacial score (nSPS) is 25.6. The van der Waals surface area contributed by atoms with Gasteiger partial charge < -0.3 is 9.84 Å². The van der Waals surface area contributed by atoms with Gasteiger partial charge in [0.2, 0.25) is 0 Å². The number of rotatable bonds is 3. The number of carbonyl (C=O) groups excluding carboxylic acids is 1. The predicted molar refractivity (Wildman–Crippen MR) is 54.2 cm³/mol. The Kier molecular flexibility index (Phi) is 3.88. The summed E-state index contributed by atoms with van der Waals surface area (Å²) < 4.78 is 4.87. The van der Waals surface area contributed by atoms with Crippen molar-refractivity contribution < 1.29 is 19.4 Å². The third kappa shape index (κ3) is 3.38. The number of aliphatic carboxylic acids is 1. The molecule has 1 N–H and O–H groups in total. The van der Waals surface area contributed by atoms with E-state index in [1.165, 1.54) is 6.92 Å². The van der Waals surface area contributed by atoms with Crippen LogP contribution in [0.1, 0.15) is 26.7 Å². The van der Waals surface area contributed by atoms with Gasteiger partial charge in [0.1, 0.15) is 0 Å². The molecule has 0 saturated heterocycles. The number of carboxylic acids is 1. The molecule has 1 rings (SSSR count). The molecule has 15 heavy (non-hydrogen) atoms. The van der Waals surface area contributed by atoms with Crippen LogP contribution in [-0.4, -0.2) is 23.7 Å². The number of carboxylic acid groups (broad SMARTS) is 1. The van der Waals surface area contributed by atoms with Gasteiger partial charge >= 0.3 is 11.9 Å². The zero-order valence-corrected chi connectivity index (χ0v) is 9.03. The van der Waals surface area contributed by atoms with Crippen molar-refractivity contribution in [1.29, 1.82) is 0 Å². The molecule has 0 amide bonds. The lowest BCUT2D eigenvalue weighted by atomic mass is 9.80. The molecule has 0 radical (unpaired) electrons. The summed E-state index contributed by atoms with van der Waals surface area (Å²) in [7, 11) is 0. The van der Waals surface area contributed by atoms with Crippen LogP contribution in [-0.2, 0) is 14.3 Å². The maximum absolute atomic E-state index is 11.0. The molecule has 0 heterocycles. The van der Waals surface area contributed by atoms with E-state index in [1.54, 1.807) is 0 Å². The fraction of sp³-hybridized carbons (Fsp3) is 0.636. The van der Waals surface area contributed by atoms with Crippen LogP contribution in [0.4, 0.5) is 0 Å². The Morgan fingerprint density at radius 1 is 1.60 bits per heavy atom. The van der Waals surface area contributed by atoms with Gasteiger partial charge in [0.05, 0.1) is 12.5 Å². The van der Waals surface area contributed by atoms with Crippen molar-refractivity contribution in [3.63, 3.8) is 0 Å². The Balaban J connectivity index is 2.60. The lowest BCUT2D eigenvalue weighted by Crippen LogP contribution is -2.30. The van der Waals surface area contributed by atoms with E-state index < -0.39 is 11.9 Å². The van der Waals surface area contributed by atoms with Crippen molar-refractivity contribution in [1.82, 2.24) is 0 Å². The van der Waals surface area contributed by atoms with E-state index in [-0.39, 0.29) is 18.5 Å². The number of carbonyl (C=O) groups is 2. The van der Waals surface area contributed by atoms with Gasteiger partial charge in [0, 0.05) is 12.8 Å². The summed E-state index contributed by atoms with van der Waals surface area (Å²) in [5.41, 5.74) is 1.10. The third-order valence-electron chi connectivity index (χ3n) is 2.70. The summed E-state index contributed by atoms with van der Waals surface area (Å²) in [4.78, 5) is 21.6. The first-order chi connectivity index (χ1) is 7.00. The molecule has 0 aromatic heterocycles. The molecule has 1 aliphatic rings. The van der Waals surface area contributed by atoms with E-state index in [1.807, 2.05) is 13.0 Å². The Hall–Kier alpha value is -1.32. The summed E-state index contributed by atoms with van der Waals surface area (Å²) in [6.07, 6.45) is 3.25. The van der Waals surface area contributed by atoms with Crippen LogP contribution in [0, 0.1) is 11.8 Å². The van der Waals surface area contributed by atoms with Crippen molar-refractivity contribution in [2.24, 2.45) is 11.8 Å². The first-order valence-electron chi connectivity index (χ1n) is 5.02. The molecule has 2 atom stereocenters. The second-order valence-corrected chi connectivity index (χ2v) is 4.00. The topological polar surface area (TPSA) is 63.6 Å². The lowest BCUT2D eigenvalue weighted by molar-refractivity contribution is -0.150. The third-order valence-corrected chi connectivity index (χ3v) is 2.70. The fourth-order valence-electron chi connectivity index (χ4n) is 1.81. The van der Waals surface area contributed by atoms with E-state index in [9.17, 15) is 9.59 Å². The maximum Gasteiger partial charge on any atom is 0.307 e. The van der Waals surface area contributed by atoms with Crippen LogP contribution in [0.3, 0.4) is 0 Å².